The minimum absolute atomic E-state index is 0.299. The van der Waals surface area contributed by atoms with Crippen molar-refractivity contribution in [1.29, 1.82) is 0 Å². The van der Waals surface area contributed by atoms with Crippen molar-refractivity contribution in [3.63, 3.8) is 0 Å². The third kappa shape index (κ3) is 4.35. The lowest BCUT2D eigenvalue weighted by molar-refractivity contribution is 0.840. The molecule has 0 saturated heterocycles. The molecule has 0 unspecified atom stereocenters. The molecule has 0 aliphatic heterocycles. The summed E-state index contributed by atoms with van der Waals surface area (Å²) in [5.41, 5.74) is 6.03. The second kappa shape index (κ2) is 7.46. The fourth-order valence-corrected chi connectivity index (χ4v) is 2.53. The monoisotopic (exact) mass is 314 g/mol. The molecule has 0 radical (unpaired) electrons. The molecule has 0 fully saturated rings. The van der Waals surface area contributed by atoms with Crippen LogP contribution in [0.15, 0.2) is 41.4 Å². The van der Waals surface area contributed by atoms with Crippen molar-refractivity contribution in [2.75, 3.05) is 5.32 Å². The van der Waals surface area contributed by atoms with Gasteiger partial charge in [0.15, 0.2) is 0 Å². The molecule has 116 valence electrons. The molecule has 0 atom stereocenters. The lowest BCUT2D eigenvalue weighted by Crippen LogP contribution is -2.02. The molecule has 0 saturated carbocycles. The molecule has 0 aliphatic rings. The van der Waals surface area contributed by atoms with E-state index in [1.54, 1.807) is 6.34 Å². The summed E-state index contributed by atoms with van der Waals surface area (Å²) < 4.78 is 0. The first-order valence-electron chi connectivity index (χ1n) is 7.59. The van der Waals surface area contributed by atoms with Crippen LogP contribution in [-0.2, 0) is 6.42 Å². The number of hydrogen-bond acceptors (Lipinski definition) is 1. The lowest BCUT2D eigenvalue weighted by atomic mass is 9.97. The van der Waals surface area contributed by atoms with Gasteiger partial charge in [-0.05, 0) is 68.5 Å². The Labute approximate surface area is 138 Å². The highest BCUT2D eigenvalue weighted by Gasteiger charge is 2.07. The summed E-state index contributed by atoms with van der Waals surface area (Å²) in [5, 5.41) is 4.09. The molecule has 0 spiro atoms. The second-order valence-electron chi connectivity index (χ2n) is 5.88. The van der Waals surface area contributed by atoms with Crippen LogP contribution in [0.5, 0.6) is 0 Å². The third-order valence-corrected chi connectivity index (χ3v) is 3.98. The fourth-order valence-electron chi connectivity index (χ4n) is 2.32. The van der Waals surface area contributed by atoms with Gasteiger partial charge in [-0.2, -0.15) is 0 Å². The predicted octanol–water partition coefficient (Wildman–Crippen LogP) is 5.40. The molecule has 0 aromatic heterocycles. The Morgan fingerprint density at radius 1 is 1.09 bits per heavy atom. The Kier molecular flexibility index (Phi) is 5.62. The topological polar surface area (TPSA) is 24.4 Å². The number of hydrogen-bond donors (Lipinski definition) is 1. The van der Waals surface area contributed by atoms with Gasteiger partial charge in [0.25, 0.3) is 0 Å². The number of rotatable bonds is 5. The van der Waals surface area contributed by atoms with Crippen molar-refractivity contribution in [2.24, 2.45) is 4.99 Å². The standard InChI is InChI=1S/C19H23ClN2/c1-13(2)21-12-22-19-10-14(3)17(9-15(19)4)11-16-7-5-6-8-18(16)20/h5-10,12-13H,11H2,1-4H3,(H,21,22). The largest absolute Gasteiger partial charge is 0.346 e. The van der Waals surface area contributed by atoms with Crippen molar-refractivity contribution < 1.29 is 0 Å². The third-order valence-electron chi connectivity index (χ3n) is 3.61. The van der Waals surface area contributed by atoms with E-state index in [-0.39, 0.29) is 0 Å². The van der Waals surface area contributed by atoms with Crippen molar-refractivity contribution in [1.82, 2.24) is 0 Å². The van der Waals surface area contributed by atoms with E-state index in [2.05, 4.69) is 56.2 Å². The Morgan fingerprint density at radius 3 is 2.50 bits per heavy atom. The number of halogens is 1. The van der Waals surface area contributed by atoms with E-state index in [1.807, 2.05) is 18.2 Å². The van der Waals surface area contributed by atoms with E-state index in [0.717, 1.165) is 22.7 Å². The summed E-state index contributed by atoms with van der Waals surface area (Å²) in [6, 6.07) is 12.7. The van der Waals surface area contributed by atoms with Gasteiger partial charge in [0.1, 0.15) is 0 Å². The average molecular weight is 315 g/mol. The number of anilines is 1. The number of aliphatic imine (C=N–C) groups is 1. The summed E-state index contributed by atoms with van der Waals surface area (Å²) in [4.78, 5) is 4.34. The van der Waals surface area contributed by atoms with Crippen molar-refractivity contribution in [3.05, 3.63) is 63.7 Å². The van der Waals surface area contributed by atoms with Crippen LogP contribution >= 0.6 is 11.6 Å². The second-order valence-corrected chi connectivity index (χ2v) is 6.29. The van der Waals surface area contributed by atoms with Gasteiger partial charge in [-0.3, -0.25) is 4.99 Å². The molecule has 1 N–H and O–H groups in total. The van der Waals surface area contributed by atoms with Gasteiger partial charge in [0, 0.05) is 16.8 Å². The maximum atomic E-state index is 6.27. The fraction of sp³-hybridized carbons (Fsp3) is 0.316. The summed E-state index contributed by atoms with van der Waals surface area (Å²) in [6.07, 6.45) is 2.63. The van der Waals surface area contributed by atoms with Crippen molar-refractivity contribution in [3.8, 4) is 0 Å². The van der Waals surface area contributed by atoms with Crippen molar-refractivity contribution in [2.45, 2.75) is 40.2 Å². The van der Waals surface area contributed by atoms with Gasteiger partial charge in [-0.1, -0.05) is 35.9 Å². The van der Waals surface area contributed by atoms with E-state index in [0.29, 0.717) is 6.04 Å². The SMILES string of the molecule is Cc1cc(NC=NC(C)C)c(C)cc1Cc1ccccc1Cl. The maximum Gasteiger partial charge on any atom is 0.0871 e. The Hall–Kier alpha value is -1.80. The lowest BCUT2D eigenvalue weighted by Gasteiger charge is -2.13. The van der Waals surface area contributed by atoms with Crippen LogP contribution in [0.4, 0.5) is 5.69 Å². The molecular weight excluding hydrogens is 292 g/mol. The van der Waals surface area contributed by atoms with Crippen LogP contribution in [0.3, 0.4) is 0 Å². The molecule has 0 aliphatic carbocycles. The number of aryl methyl sites for hydroxylation is 2. The van der Waals surface area contributed by atoms with E-state index in [9.17, 15) is 0 Å². The minimum atomic E-state index is 0.299. The Morgan fingerprint density at radius 2 is 1.82 bits per heavy atom. The number of nitrogens with one attached hydrogen (secondary N) is 1. The Bertz CT molecular complexity index is 675. The summed E-state index contributed by atoms with van der Waals surface area (Å²) in [5.74, 6) is 0. The minimum Gasteiger partial charge on any atom is -0.346 e. The van der Waals surface area contributed by atoms with E-state index in [1.165, 1.54) is 16.7 Å². The van der Waals surface area contributed by atoms with Gasteiger partial charge in [0.05, 0.1) is 6.34 Å². The summed E-state index contributed by atoms with van der Waals surface area (Å²) in [7, 11) is 0. The molecule has 0 amide bonds. The zero-order valence-corrected chi connectivity index (χ0v) is 14.4. The molecule has 0 heterocycles. The highest BCUT2D eigenvalue weighted by molar-refractivity contribution is 6.31. The summed E-state index contributed by atoms with van der Waals surface area (Å²) in [6.45, 7) is 8.36. The van der Waals surface area contributed by atoms with Gasteiger partial charge >= 0.3 is 0 Å². The highest BCUT2D eigenvalue weighted by Crippen LogP contribution is 2.25. The van der Waals surface area contributed by atoms with Crippen LogP contribution in [0.1, 0.15) is 36.1 Å². The molecule has 2 nitrogen and oxygen atoms in total. The number of nitrogens with zero attached hydrogens (tertiary/aromatic N) is 1. The van der Waals surface area contributed by atoms with Crippen LogP contribution < -0.4 is 5.32 Å². The first-order valence-corrected chi connectivity index (χ1v) is 7.97. The molecular formula is C19H23ClN2. The smallest absolute Gasteiger partial charge is 0.0871 e. The van der Waals surface area contributed by atoms with E-state index in [4.69, 9.17) is 11.6 Å². The van der Waals surface area contributed by atoms with Gasteiger partial charge in [-0.15, -0.1) is 0 Å². The highest BCUT2D eigenvalue weighted by atomic mass is 35.5. The molecule has 0 bridgehead atoms. The van der Waals surface area contributed by atoms with Crippen LogP contribution in [-0.4, -0.2) is 12.4 Å². The quantitative estimate of drug-likeness (QED) is 0.580. The van der Waals surface area contributed by atoms with Crippen molar-refractivity contribution >= 4 is 23.6 Å². The maximum absolute atomic E-state index is 6.27. The Balaban J connectivity index is 2.21. The van der Waals surface area contributed by atoms with E-state index < -0.39 is 0 Å². The molecule has 2 aromatic rings. The number of benzene rings is 2. The summed E-state index contributed by atoms with van der Waals surface area (Å²) >= 11 is 6.27. The van der Waals surface area contributed by atoms with Gasteiger partial charge < -0.3 is 5.32 Å². The zero-order valence-electron chi connectivity index (χ0n) is 13.7. The molecule has 2 rings (SSSR count). The van der Waals surface area contributed by atoms with E-state index >= 15 is 0 Å². The first kappa shape index (κ1) is 16.6. The predicted molar refractivity (Wildman–Crippen MR) is 97.4 cm³/mol. The zero-order chi connectivity index (χ0) is 16.1. The van der Waals surface area contributed by atoms with Crippen LogP contribution in [0, 0.1) is 13.8 Å². The normalized spacial score (nSPS) is 11.4. The van der Waals surface area contributed by atoms with Crippen LogP contribution in [0.2, 0.25) is 5.02 Å². The van der Waals surface area contributed by atoms with Gasteiger partial charge in [0.2, 0.25) is 0 Å². The van der Waals surface area contributed by atoms with Crippen LogP contribution in [0.25, 0.3) is 0 Å². The average Bonchev–Trinajstić information content (AvgIpc) is 2.46. The van der Waals surface area contributed by atoms with Gasteiger partial charge in [-0.25, -0.2) is 0 Å². The molecule has 3 heteroatoms. The molecule has 2 aromatic carbocycles. The molecule has 22 heavy (non-hydrogen) atoms. The first-order chi connectivity index (χ1) is 10.5.